The zero-order valence-electron chi connectivity index (χ0n) is 9.67. The van der Waals surface area contributed by atoms with E-state index in [0.29, 0.717) is 5.75 Å². The molecule has 1 rings (SSSR count). The normalized spacial score (nSPS) is 19.1. The minimum atomic E-state index is -2.81. The molecule has 2 nitrogen and oxygen atoms in total. The maximum atomic E-state index is 11.1. The molecule has 0 saturated heterocycles. The first kappa shape index (κ1) is 12.8. The monoisotopic (exact) mass is 230 g/mol. The lowest BCUT2D eigenvalue weighted by atomic mass is 10.1. The van der Waals surface area contributed by atoms with E-state index in [9.17, 15) is 8.42 Å². The van der Waals surface area contributed by atoms with Crippen molar-refractivity contribution in [2.75, 3.05) is 5.75 Å². The third-order valence-electron chi connectivity index (χ3n) is 2.91. The average Bonchev–Trinajstić information content (AvgIpc) is 2.52. The van der Waals surface area contributed by atoms with Crippen LogP contribution in [0.3, 0.4) is 0 Å². The van der Waals surface area contributed by atoms with Crippen molar-refractivity contribution in [3.05, 3.63) is 11.0 Å². The first-order valence-corrected chi connectivity index (χ1v) is 7.78. The summed E-state index contributed by atoms with van der Waals surface area (Å²) in [6.45, 7) is 2.22. The Labute approximate surface area is 93.7 Å². The molecule has 0 fully saturated rings. The van der Waals surface area contributed by atoms with E-state index in [2.05, 4.69) is 6.92 Å². The average molecular weight is 230 g/mol. The van der Waals surface area contributed by atoms with E-state index in [-0.39, 0.29) is 0 Å². The Balaban J connectivity index is 2.06. The summed E-state index contributed by atoms with van der Waals surface area (Å²) in [7, 11) is -2.81. The Bertz CT molecular complexity index is 302. The number of sulfone groups is 1. The molecule has 0 radical (unpaired) electrons. The highest BCUT2D eigenvalue weighted by Gasteiger charge is 2.17. The van der Waals surface area contributed by atoms with E-state index < -0.39 is 9.84 Å². The fourth-order valence-electron chi connectivity index (χ4n) is 1.96. The molecule has 0 amide bonds. The van der Waals surface area contributed by atoms with Gasteiger partial charge in [-0.3, -0.25) is 0 Å². The Morgan fingerprint density at radius 2 is 1.80 bits per heavy atom. The third-order valence-corrected chi connectivity index (χ3v) is 4.37. The van der Waals surface area contributed by atoms with Crippen LogP contribution in [-0.4, -0.2) is 14.2 Å². The summed E-state index contributed by atoms with van der Waals surface area (Å²) < 4.78 is 22.3. The van der Waals surface area contributed by atoms with E-state index in [1.54, 1.807) is 0 Å². The van der Waals surface area contributed by atoms with Gasteiger partial charge in [-0.1, -0.05) is 44.6 Å². The van der Waals surface area contributed by atoms with Crippen LogP contribution in [0, 0.1) is 0 Å². The summed E-state index contributed by atoms with van der Waals surface area (Å²) in [6, 6.07) is 0. The quantitative estimate of drug-likeness (QED) is 0.628. The molecule has 15 heavy (non-hydrogen) atoms. The number of unbranched alkanes of at least 4 members (excludes halogenated alkanes) is 5. The molecule has 0 unspecified atom stereocenters. The van der Waals surface area contributed by atoms with Crippen LogP contribution in [-0.2, 0) is 9.84 Å². The van der Waals surface area contributed by atoms with Gasteiger partial charge in [-0.05, 0) is 19.3 Å². The Morgan fingerprint density at radius 3 is 2.40 bits per heavy atom. The lowest BCUT2D eigenvalue weighted by Crippen LogP contribution is -1.92. The van der Waals surface area contributed by atoms with Crippen LogP contribution >= 0.6 is 0 Å². The molecule has 0 atom stereocenters. The fourth-order valence-corrected chi connectivity index (χ4v) is 3.37. The van der Waals surface area contributed by atoms with Crippen LogP contribution in [0.25, 0.3) is 0 Å². The molecule has 0 aliphatic carbocycles. The predicted octanol–water partition coefficient (Wildman–Crippen LogP) is 3.44. The van der Waals surface area contributed by atoms with Gasteiger partial charge in [-0.15, -0.1) is 0 Å². The zero-order valence-corrected chi connectivity index (χ0v) is 10.5. The summed E-state index contributed by atoms with van der Waals surface area (Å²) in [5, 5.41) is 1.50. The SMILES string of the molecule is CCCCCCCCC1=CS(=O)(=O)CC1. The second-order valence-electron chi connectivity index (χ2n) is 4.41. The first-order chi connectivity index (χ1) is 7.14. The Kier molecular flexibility index (Phi) is 5.37. The van der Waals surface area contributed by atoms with Gasteiger partial charge in [0.15, 0.2) is 9.84 Å². The molecule has 0 aromatic carbocycles. The summed E-state index contributed by atoms with van der Waals surface area (Å²) in [5.74, 6) is 0.345. The zero-order chi connectivity index (χ0) is 11.1. The van der Waals surface area contributed by atoms with Crippen molar-refractivity contribution in [1.29, 1.82) is 0 Å². The summed E-state index contributed by atoms with van der Waals surface area (Å²) >= 11 is 0. The lowest BCUT2D eigenvalue weighted by Gasteiger charge is -2.01. The van der Waals surface area contributed by atoms with Crippen LogP contribution < -0.4 is 0 Å². The standard InChI is InChI=1S/C12H22O2S/c1-2-3-4-5-6-7-8-12-9-10-15(13,14)11-12/h11H,2-10H2,1H3. The van der Waals surface area contributed by atoms with Crippen LogP contribution in [0.15, 0.2) is 11.0 Å². The molecule has 1 aliphatic rings. The molecule has 0 spiro atoms. The van der Waals surface area contributed by atoms with Crippen LogP contribution in [0.5, 0.6) is 0 Å². The molecule has 1 heterocycles. The highest BCUT2D eigenvalue weighted by Crippen LogP contribution is 2.22. The van der Waals surface area contributed by atoms with Gasteiger partial charge in [0.05, 0.1) is 5.75 Å². The van der Waals surface area contributed by atoms with Crippen LogP contribution in [0.1, 0.15) is 58.3 Å². The topological polar surface area (TPSA) is 34.1 Å². The summed E-state index contributed by atoms with van der Waals surface area (Å²) in [5.41, 5.74) is 1.14. The van der Waals surface area contributed by atoms with E-state index in [1.807, 2.05) is 0 Å². The van der Waals surface area contributed by atoms with Crippen molar-refractivity contribution in [1.82, 2.24) is 0 Å². The third kappa shape index (κ3) is 5.36. The maximum absolute atomic E-state index is 11.1. The lowest BCUT2D eigenvalue weighted by molar-refractivity contribution is 0.603. The van der Waals surface area contributed by atoms with Crippen molar-refractivity contribution in [3.63, 3.8) is 0 Å². The van der Waals surface area contributed by atoms with Gasteiger partial charge in [-0.2, -0.15) is 0 Å². The van der Waals surface area contributed by atoms with Gasteiger partial charge >= 0.3 is 0 Å². The second-order valence-corrected chi connectivity index (χ2v) is 6.38. The minimum Gasteiger partial charge on any atom is -0.224 e. The molecule has 0 N–H and O–H groups in total. The molecule has 0 aromatic rings. The fraction of sp³-hybridized carbons (Fsp3) is 0.833. The van der Waals surface area contributed by atoms with Gasteiger partial charge in [0.1, 0.15) is 0 Å². The molecule has 0 saturated carbocycles. The Hall–Kier alpha value is -0.310. The smallest absolute Gasteiger partial charge is 0.171 e. The molecule has 88 valence electrons. The van der Waals surface area contributed by atoms with Crippen LogP contribution in [0.4, 0.5) is 0 Å². The van der Waals surface area contributed by atoms with E-state index in [4.69, 9.17) is 0 Å². The highest BCUT2D eigenvalue weighted by atomic mass is 32.2. The van der Waals surface area contributed by atoms with E-state index in [0.717, 1.165) is 24.8 Å². The highest BCUT2D eigenvalue weighted by molar-refractivity contribution is 7.94. The van der Waals surface area contributed by atoms with Crippen molar-refractivity contribution in [2.24, 2.45) is 0 Å². The molecule has 3 heteroatoms. The molecule has 0 bridgehead atoms. The summed E-state index contributed by atoms with van der Waals surface area (Å²) in [4.78, 5) is 0. The summed E-state index contributed by atoms with van der Waals surface area (Å²) in [6.07, 6.45) is 9.41. The molecular formula is C12H22O2S. The van der Waals surface area contributed by atoms with Crippen LogP contribution in [0.2, 0.25) is 0 Å². The molecule has 0 aromatic heterocycles. The molecule has 1 aliphatic heterocycles. The van der Waals surface area contributed by atoms with E-state index in [1.165, 1.54) is 37.5 Å². The number of rotatable bonds is 7. The van der Waals surface area contributed by atoms with Crippen molar-refractivity contribution >= 4 is 9.84 Å². The van der Waals surface area contributed by atoms with Crippen molar-refractivity contribution < 1.29 is 8.42 Å². The largest absolute Gasteiger partial charge is 0.224 e. The van der Waals surface area contributed by atoms with Gasteiger partial charge in [0, 0.05) is 5.41 Å². The Morgan fingerprint density at radius 1 is 1.13 bits per heavy atom. The number of hydrogen-bond acceptors (Lipinski definition) is 2. The van der Waals surface area contributed by atoms with E-state index >= 15 is 0 Å². The molecular weight excluding hydrogens is 208 g/mol. The maximum Gasteiger partial charge on any atom is 0.171 e. The first-order valence-electron chi connectivity index (χ1n) is 6.06. The second kappa shape index (κ2) is 6.31. The van der Waals surface area contributed by atoms with Crippen molar-refractivity contribution in [2.45, 2.75) is 58.3 Å². The van der Waals surface area contributed by atoms with Gasteiger partial charge in [0.25, 0.3) is 0 Å². The number of allylic oxidation sites excluding steroid dienone is 1. The minimum absolute atomic E-state index is 0.345. The predicted molar refractivity (Wildman–Crippen MR) is 64.5 cm³/mol. The number of hydrogen-bond donors (Lipinski definition) is 0. The van der Waals surface area contributed by atoms with Crippen molar-refractivity contribution in [3.8, 4) is 0 Å². The van der Waals surface area contributed by atoms with Gasteiger partial charge < -0.3 is 0 Å². The van der Waals surface area contributed by atoms with Gasteiger partial charge in [0.2, 0.25) is 0 Å². The van der Waals surface area contributed by atoms with Gasteiger partial charge in [-0.25, -0.2) is 8.42 Å².